The molecule has 0 spiro atoms. The minimum atomic E-state index is -4.46. The summed E-state index contributed by atoms with van der Waals surface area (Å²) in [4.78, 5) is 2.06. The van der Waals surface area contributed by atoms with E-state index in [1.807, 2.05) is 0 Å². The number of alkyl halides is 3. The van der Waals surface area contributed by atoms with Gasteiger partial charge in [0, 0.05) is 18.2 Å². The Morgan fingerprint density at radius 3 is 2.73 bits per heavy atom. The van der Waals surface area contributed by atoms with E-state index in [1.54, 1.807) is 18.2 Å². The van der Waals surface area contributed by atoms with Crippen molar-refractivity contribution in [2.24, 2.45) is 0 Å². The highest BCUT2D eigenvalue weighted by atomic mass is 32.1. The van der Waals surface area contributed by atoms with Crippen LogP contribution in [-0.4, -0.2) is 44.1 Å². The van der Waals surface area contributed by atoms with Crippen LogP contribution in [0.1, 0.15) is 24.2 Å². The zero-order valence-corrected chi connectivity index (χ0v) is 16.7. The van der Waals surface area contributed by atoms with Crippen LogP contribution < -0.4 is 4.74 Å². The third-order valence-electron chi connectivity index (χ3n) is 4.79. The number of hydrogen-bond donors (Lipinski definition) is 1. The fourth-order valence-electron chi connectivity index (χ4n) is 3.26. The molecule has 10 heteroatoms. The first-order valence-electron chi connectivity index (χ1n) is 9.48. The molecule has 1 saturated carbocycles. The number of rotatable bonds is 9. The molecule has 1 fully saturated rings. The van der Waals surface area contributed by atoms with Crippen molar-refractivity contribution in [2.75, 3.05) is 13.2 Å². The molecule has 6 nitrogen and oxygen atoms in total. The van der Waals surface area contributed by atoms with Crippen molar-refractivity contribution < 1.29 is 27.4 Å². The highest BCUT2D eigenvalue weighted by Crippen LogP contribution is 2.38. The van der Waals surface area contributed by atoms with E-state index in [0.29, 0.717) is 30.8 Å². The molecule has 2 aromatic heterocycles. The maximum Gasteiger partial charge on any atom is 0.417 e. The Hall–Kier alpha value is -2.43. The molecule has 30 heavy (non-hydrogen) atoms. The average Bonchev–Trinajstić information content (AvgIpc) is 3.23. The Balaban J connectivity index is 1.41. The van der Waals surface area contributed by atoms with Gasteiger partial charge < -0.3 is 14.3 Å². The van der Waals surface area contributed by atoms with E-state index in [9.17, 15) is 18.3 Å². The molecule has 1 aromatic carbocycles. The van der Waals surface area contributed by atoms with Crippen LogP contribution in [0, 0.1) is 0 Å². The van der Waals surface area contributed by atoms with Gasteiger partial charge >= 0.3 is 6.18 Å². The van der Waals surface area contributed by atoms with Gasteiger partial charge in [0.2, 0.25) is 5.88 Å². The lowest BCUT2D eigenvalue weighted by molar-refractivity contribution is -0.137. The second-order valence-corrected chi connectivity index (χ2v) is 7.74. The number of furan rings is 1. The summed E-state index contributed by atoms with van der Waals surface area (Å²) >= 11 is 1.02. The van der Waals surface area contributed by atoms with Crippen LogP contribution in [-0.2, 0) is 12.7 Å². The maximum absolute atomic E-state index is 13.3. The molecule has 1 aliphatic rings. The molecule has 4 rings (SSSR count). The Labute approximate surface area is 175 Å². The third kappa shape index (κ3) is 5.18. The molecule has 3 aromatic rings. The summed E-state index contributed by atoms with van der Waals surface area (Å²) in [6.45, 7) is 0.836. The van der Waals surface area contributed by atoms with Crippen LogP contribution in [0.5, 0.6) is 5.88 Å². The lowest BCUT2D eigenvalue weighted by atomic mass is 10.1. The predicted molar refractivity (Wildman–Crippen MR) is 104 cm³/mol. The molecule has 1 unspecified atom stereocenters. The van der Waals surface area contributed by atoms with Gasteiger partial charge in [-0.25, -0.2) is 0 Å². The molecule has 0 aliphatic heterocycles. The number of ether oxygens (including phenoxy) is 1. The van der Waals surface area contributed by atoms with Gasteiger partial charge in [0.15, 0.2) is 0 Å². The van der Waals surface area contributed by atoms with Gasteiger partial charge in [-0.05, 0) is 31.0 Å². The molecule has 0 amide bonds. The minimum Gasteiger partial charge on any atom is -0.473 e. The lowest BCUT2D eigenvalue weighted by Crippen LogP contribution is -2.36. The van der Waals surface area contributed by atoms with Crippen molar-refractivity contribution in [3.63, 3.8) is 0 Å². The normalized spacial score (nSPS) is 15.5. The van der Waals surface area contributed by atoms with E-state index < -0.39 is 17.8 Å². The molecule has 1 N–H and O–H groups in total. The van der Waals surface area contributed by atoms with Crippen molar-refractivity contribution in [3.8, 4) is 17.2 Å². The molecule has 1 atom stereocenters. The van der Waals surface area contributed by atoms with Crippen molar-refractivity contribution in [2.45, 2.75) is 37.7 Å². The maximum atomic E-state index is 13.3. The van der Waals surface area contributed by atoms with Gasteiger partial charge in [-0.2, -0.15) is 17.5 Å². The quantitative estimate of drug-likeness (QED) is 0.538. The smallest absolute Gasteiger partial charge is 0.417 e. The lowest BCUT2D eigenvalue weighted by Gasteiger charge is -2.23. The summed E-state index contributed by atoms with van der Waals surface area (Å²) in [6.07, 6.45) is -1.70. The Bertz CT molecular complexity index is 958. The first-order chi connectivity index (χ1) is 14.4. The largest absolute Gasteiger partial charge is 0.473 e. The van der Waals surface area contributed by atoms with Gasteiger partial charge in [-0.3, -0.25) is 4.90 Å². The molecule has 0 bridgehead atoms. The molecule has 1 aliphatic carbocycles. The Morgan fingerprint density at radius 2 is 2.03 bits per heavy atom. The van der Waals surface area contributed by atoms with E-state index in [4.69, 9.17) is 9.15 Å². The molecule has 160 valence electrons. The predicted octanol–water partition coefficient (Wildman–Crippen LogP) is 4.22. The molecular weight excluding hydrogens is 419 g/mol. The molecule has 0 saturated heterocycles. The van der Waals surface area contributed by atoms with Crippen LogP contribution in [0.15, 0.2) is 47.0 Å². The van der Waals surface area contributed by atoms with Crippen molar-refractivity contribution in [1.82, 2.24) is 13.6 Å². The average molecular weight is 439 g/mol. The topological polar surface area (TPSA) is 71.6 Å². The molecule has 0 radical (unpaired) electrons. The van der Waals surface area contributed by atoms with Crippen LogP contribution in [0.25, 0.3) is 11.3 Å². The van der Waals surface area contributed by atoms with Gasteiger partial charge in [0.25, 0.3) is 0 Å². The zero-order valence-electron chi connectivity index (χ0n) is 15.9. The fourth-order valence-corrected chi connectivity index (χ4v) is 3.62. The van der Waals surface area contributed by atoms with Crippen LogP contribution in [0.2, 0.25) is 0 Å². The monoisotopic (exact) mass is 439 g/mol. The number of halogens is 3. The number of benzene rings is 1. The van der Waals surface area contributed by atoms with Crippen LogP contribution >= 0.6 is 11.7 Å². The van der Waals surface area contributed by atoms with E-state index in [1.165, 1.54) is 18.3 Å². The van der Waals surface area contributed by atoms with E-state index >= 15 is 0 Å². The summed E-state index contributed by atoms with van der Waals surface area (Å²) < 4.78 is 58.8. The first-order valence-corrected chi connectivity index (χ1v) is 10.2. The van der Waals surface area contributed by atoms with E-state index in [2.05, 4.69) is 13.6 Å². The highest BCUT2D eigenvalue weighted by Gasteiger charge is 2.34. The van der Waals surface area contributed by atoms with Gasteiger partial charge in [0.05, 0.1) is 23.8 Å². The summed E-state index contributed by atoms with van der Waals surface area (Å²) in [5.74, 6) is 1.09. The number of hydrogen-bond acceptors (Lipinski definition) is 7. The van der Waals surface area contributed by atoms with Crippen molar-refractivity contribution in [3.05, 3.63) is 53.9 Å². The molecule has 2 heterocycles. The number of aliphatic hydroxyl groups is 1. The minimum absolute atomic E-state index is 0.0135. The van der Waals surface area contributed by atoms with Crippen LogP contribution in [0.3, 0.4) is 0 Å². The van der Waals surface area contributed by atoms with Crippen molar-refractivity contribution in [1.29, 1.82) is 0 Å². The van der Waals surface area contributed by atoms with E-state index in [-0.39, 0.29) is 17.9 Å². The second kappa shape index (κ2) is 8.75. The SMILES string of the molecule is OC(COc1cnsn1)CN(Cc1ccc(-c2ccccc2C(F)(F)F)o1)C1CC1. The summed E-state index contributed by atoms with van der Waals surface area (Å²) in [7, 11) is 0. The van der Waals surface area contributed by atoms with E-state index in [0.717, 1.165) is 30.6 Å². The standard InChI is InChI=1S/C20H20F3N3O3S/c21-20(22,23)17-4-2-1-3-16(17)18-8-7-15(29-18)11-26(13-5-6-13)10-14(27)12-28-19-9-24-30-25-19/h1-4,7-9,13-14,27H,5-6,10-12H2. The number of aliphatic hydroxyl groups excluding tert-OH is 1. The van der Waals surface area contributed by atoms with Gasteiger partial charge in [0.1, 0.15) is 30.4 Å². The van der Waals surface area contributed by atoms with Gasteiger partial charge in [-0.1, -0.05) is 18.2 Å². The summed E-state index contributed by atoms with van der Waals surface area (Å²) in [5, 5.41) is 10.3. The third-order valence-corrected chi connectivity index (χ3v) is 5.25. The first kappa shape index (κ1) is 20.8. The molecular formula is C20H20F3N3O3S. The summed E-state index contributed by atoms with van der Waals surface area (Å²) in [6, 6.07) is 8.91. The van der Waals surface area contributed by atoms with Crippen molar-refractivity contribution >= 4 is 11.7 Å². The number of aromatic nitrogens is 2. The zero-order chi connectivity index (χ0) is 21.1. The Morgan fingerprint density at radius 1 is 1.23 bits per heavy atom. The summed E-state index contributed by atoms with van der Waals surface area (Å²) in [5.41, 5.74) is -0.714. The fraction of sp³-hybridized carbons (Fsp3) is 0.400. The second-order valence-electron chi connectivity index (χ2n) is 7.18. The number of nitrogens with zero attached hydrogens (tertiary/aromatic N) is 3. The van der Waals surface area contributed by atoms with Gasteiger partial charge in [-0.15, -0.1) is 4.37 Å². The highest BCUT2D eigenvalue weighted by molar-refractivity contribution is 6.99. The Kier molecular flexibility index (Phi) is 6.07. The van der Waals surface area contributed by atoms with Crippen LogP contribution in [0.4, 0.5) is 13.2 Å².